The Hall–Kier alpha value is -1.71. The Morgan fingerprint density at radius 2 is 1.81 bits per heavy atom. The Kier molecular flexibility index (Phi) is 3.42. The summed E-state index contributed by atoms with van der Waals surface area (Å²) in [5.74, 6) is -2.61. The summed E-state index contributed by atoms with van der Waals surface area (Å²) in [6, 6.07) is 1.85. The molecule has 0 radical (unpaired) electrons. The van der Waals surface area contributed by atoms with Crippen LogP contribution in [0.25, 0.3) is 0 Å². The van der Waals surface area contributed by atoms with Gasteiger partial charge < -0.3 is 5.11 Å². The molecule has 0 bridgehead atoms. The Bertz CT molecular complexity index is 452. The molecule has 1 rings (SSSR count). The summed E-state index contributed by atoms with van der Waals surface area (Å²) in [5.41, 5.74) is 2.74. The topological polar surface area (TPSA) is 67.3 Å². The van der Waals surface area contributed by atoms with Gasteiger partial charge in [-0.3, -0.25) is 9.59 Å². The molecule has 1 aromatic heterocycles. The molecule has 0 saturated heterocycles. The molecular formula is C12H15NO3. The third-order valence-electron chi connectivity index (χ3n) is 2.65. The molecule has 4 heteroatoms. The predicted molar refractivity (Wildman–Crippen MR) is 59.6 cm³/mol. The van der Waals surface area contributed by atoms with Crippen molar-refractivity contribution in [3.8, 4) is 0 Å². The van der Waals surface area contributed by atoms with E-state index in [1.54, 1.807) is 13.8 Å². The SMILES string of the molecule is Cc1cc(C)c(C(=O)C(C)C(=O)O)nc1C. The first-order valence-electron chi connectivity index (χ1n) is 5.06. The number of aromatic nitrogens is 1. The highest BCUT2D eigenvalue weighted by Gasteiger charge is 2.24. The number of nitrogens with zero attached hydrogens (tertiary/aromatic N) is 1. The van der Waals surface area contributed by atoms with E-state index >= 15 is 0 Å². The second-order valence-electron chi connectivity index (χ2n) is 3.98. The normalized spacial score (nSPS) is 12.2. The first-order valence-corrected chi connectivity index (χ1v) is 5.06. The molecule has 0 aliphatic carbocycles. The van der Waals surface area contributed by atoms with Crippen molar-refractivity contribution in [2.45, 2.75) is 27.7 Å². The number of hydrogen-bond donors (Lipinski definition) is 1. The highest BCUT2D eigenvalue weighted by atomic mass is 16.4. The van der Waals surface area contributed by atoms with Crippen LogP contribution < -0.4 is 0 Å². The molecule has 0 saturated carbocycles. The van der Waals surface area contributed by atoms with Gasteiger partial charge in [-0.25, -0.2) is 4.98 Å². The molecule has 16 heavy (non-hydrogen) atoms. The smallest absolute Gasteiger partial charge is 0.314 e. The van der Waals surface area contributed by atoms with Crippen molar-refractivity contribution in [1.29, 1.82) is 0 Å². The van der Waals surface area contributed by atoms with E-state index in [4.69, 9.17) is 5.11 Å². The van der Waals surface area contributed by atoms with Crippen LogP contribution in [0.15, 0.2) is 6.07 Å². The standard InChI is InChI=1S/C12H15NO3/c1-6-5-7(2)10(13-9(6)4)11(14)8(3)12(15)16/h5,8H,1-4H3,(H,15,16). The maximum Gasteiger partial charge on any atom is 0.314 e. The number of aliphatic carboxylic acids is 1. The number of Topliss-reactive ketones (excluding diaryl/α,β-unsaturated/α-hetero) is 1. The predicted octanol–water partition coefficient (Wildman–Crippen LogP) is 1.91. The van der Waals surface area contributed by atoms with Crippen molar-refractivity contribution in [2.75, 3.05) is 0 Å². The Morgan fingerprint density at radius 1 is 1.25 bits per heavy atom. The van der Waals surface area contributed by atoms with Gasteiger partial charge in [0.05, 0.1) is 0 Å². The molecule has 1 unspecified atom stereocenters. The minimum atomic E-state index is -1.12. The van der Waals surface area contributed by atoms with E-state index in [0.29, 0.717) is 0 Å². The summed E-state index contributed by atoms with van der Waals surface area (Å²) in [6.45, 7) is 6.85. The molecule has 1 atom stereocenters. The van der Waals surface area contributed by atoms with Crippen LogP contribution in [0.4, 0.5) is 0 Å². The number of carbonyl (C=O) groups excluding carboxylic acids is 1. The second-order valence-corrected chi connectivity index (χ2v) is 3.98. The molecule has 0 aliphatic rings. The number of rotatable bonds is 3. The van der Waals surface area contributed by atoms with Crippen LogP contribution in [0.1, 0.15) is 34.2 Å². The third kappa shape index (κ3) is 2.27. The van der Waals surface area contributed by atoms with Gasteiger partial charge in [0, 0.05) is 5.69 Å². The molecule has 0 aromatic carbocycles. The lowest BCUT2D eigenvalue weighted by Crippen LogP contribution is -2.22. The fraction of sp³-hybridized carbons (Fsp3) is 0.417. The van der Waals surface area contributed by atoms with Crippen LogP contribution in [0, 0.1) is 26.7 Å². The van der Waals surface area contributed by atoms with E-state index in [1.165, 1.54) is 6.92 Å². The zero-order chi connectivity index (χ0) is 12.5. The summed E-state index contributed by atoms with van der Waals surface area (Å²) in [4.78, 5) is 26.7. The number of hydrogen-bond acceptors (Lipinski definition) is 3. The Labute approximate surface area is 94.3 Å². The maximum atomic E-state index is 11.8. The number of carbonyl (C=O) groups is 2. The van der Waals surface area contributed by atoms with Crippen molar-refractivity contribution in [2.24, 2.45) is 5.92 Å². The molecule has 1 N–H and O–H groups in total. The van der Waals surface area contributed by atoms with Gasteiger partial charge in [-0.2, -0.15) is 0 Å². The largest absolute Gasteiger partial charge is 0.481 e. The molecular weight excluding hydrogens is 206 g/mol. The maximum absolute atomic E-state index is 11.8. The molecule has 0 spiro atoms. The Morgan fingerprint density at radius 3 is 2.31 bits per heavy atom. The van der Waals surface area contributed by atoms with Crippen molar-refractivity contribution >= 4 is 11.8 Å². The summed E-state index contributed by atoms with van der Waals surface area (Å²) >= 11 is 0. The van der Waals surface area contributed by atoms with Crippen LogP contribution in [0.5, 0.6) is 0 Å². The first kappa shape index (κ1) is 12.4. The number of carboxylic acids is 1. The quantitative estimate of drug-likeness (QED) is 0.625. The van der Waals surface area contributed by atoms with Crippen molar-refractivity contribution in [3.63, 3.8) is 0 Å². The van der Waals surface area contributed by atoms with Crippen LogP contribution in [0.3, 0.4) is 0 Å². The fourth-order valence-corrected chi connectivity index (χ4v) is 1.41. The second kappa shape index (κ2) is 4.43. The zero-order valence-electron chi connectivity index (χ0n) is 9.87. The highest BCUT2D eigenvalue weighted by molar-refractivity contribution is 6.07. The number of pyridine rings is 1. The highest BCUT2D eigenvalue weighted by Crippen LogP contribution is 2.15. The average Bonchev–Trinajstić information content (AvgIpc) is 2.21. The lowest BCUT2D eigenvalue weighted by molar-refractivity contribution is -0.139. The van der Waals surface area contributed by atoms with Gasteiger partial charge in [0.1, 0.15) is 11.6 Å². The van der Waals surface area contributed by atoms with E-state index in [0.717, 1.165) is 16.8 Å². The fourth-order valence-electron chi connectivity index (χ4n) is 1.41. The van der Waals surface area contributed by atoms with E-state index in [2.05, 4.69) is 4.98 Å². The van der Waals surface area contributed by atoms with E-state index in [9.17, 15) is 9.59 Å². The third-order valence-corrected chi connectivity index (χ3v) is 2.65. The number of ketones is 1. The first-order chi connectivity index (χ1) is 7.34. The number of aryl methyl sites for hydroxylation is 3. The van der Waals surface area contributed by atoms with Gasteiger partial charge in [-0.05, 0) is 38.8 Å². The van der Waals surface area contributed by atoms with E-state index in [1.807, 2.05) is 13.0 Å². The summed E-state index contributed by atoms with van der Waals surface area (Å²) in [5, 5.41) is 8.78. The van der Waals surface area contributed by atoms with E-state index in [-0.39, 0.29) is 5.69 Å². The molecule has 4 nitrogen and oxygen atoms in total. The van der Waals surface area contributed by atoms with Gasteiger partial charge in [0.15, 0.2) is 5.78 Å². The lowest BCUT2D eigenvalue weighted by atomic mass is 9.99. The van der Waals surface area contributed by atoms with Gasteiger partial charge >= 0.3 is 5.97 Å². The molecule has 86 valence electrons. The van der Waals surface area contributed by atoms with Gasteiger partial charge in [0.25, 0.3) is 0 Å². The van der Waals surface area contributed by atoms with Crippen LogP contribution in [-0.2, 0) is 4.79 Å². The van der Waals surface area contributed by atoms with E-state index < -0.39 is 17.7 Å². The number of carboxylic acid groups (broad SMARTS) is 1. The Balaban J connectivity index is 3.19. The molecule has 1 heterocycles. The van der Waals surface area contributed by atoms with Crippen molar-refractivity contribution in [3.05, 3.63) is 28.6 Å². The van der Waals surface area contributed by atoms with Crippen LogP contribution >= 0.6 is 0 Å². The summed E-state index contributed by atoms with van der Waals surface area (Å²) in [6.07, 6.45) is 0. The van der Waals surface area contributed by atoms with Gasteiger partial charge in [0.2, 0.25) is 0 Å². The average molecular weight is 221 g/mol. The molecule has 0 amide bonds. The summed E-state index contributed by atoms with van der Waals surface area (Å²) < 4.78 is 0. The van der Waals surface area contributed by atoms with Gasteiger partial charge in [-0.1, -0.05) is 6.07 Å². The zero-order valence-corrected chi connectivity index (χ0v) is 9.87. The monoisotopic (exact) mass is 221 g/mol. The van der Waals surface area contributed by atoms with Crippen molar-refractivity contribution in [1.82, 2.24) is 4.98 Å². The van der Waals surface area contributed by atoms with Crippen LogP contribution in [-0.4, -0.2) is 21.8 Å². The minimum absolute atomic E-state index is 0.262. The molecule has 0 fully saturated rings. The molecule has 1 aromatic rings. The van der Waals surface area contributed by atoms with Crippen molar-refractivity contribution < 1.29 is 14.7 Å². The summed E-state index contributed by atoms with van der Waals surface area (Å²) in [7, 11) is 0. The molecule has 0 aliphatic heterocycles. The minimum Gasteiger partial charge on any atom is -0.481 e. The van der Waals surface area contributed by atoms with Gasteiger partial charge in [-0.15, -0.1) is 0 Å². The van der Waals surface area contributed by atoms with Crippen LogP contribution in [0.2, 0.25) is 0 Å². The lowest BCUT2D eigenvalue weighted by Gasteiger charge is -2.10.